The second kappa shape index (κ2) is 9.13. The molecule has 1 aromatic rings. The van der Waals surface area contributed by atoms with E-state index in [2.05, 4.69) is 14.5 Å². The van der Waals surface area contributed by atoms with Crippen molar-refractivity contribution in [2.75, 3.05) is 33.1 Å². The minimum Gasteiger partial charge on any atom is -0.465 e. The van der Waals surface area contributed by atoms with Crippen LogP contribution in [0.5, 0.6) is 0 Å². The van der Waals surface area contributed by atoms with Crippen molar-refractivity contribution in [3.8, 4) is 0 Å². The molecule has 10 nitrogen and oxygen atoms in total. The van der Waals surface area contributed by atoms with Gasteiger partial charge in [0.25, 0.3) is 15.7 Å². The molecule has 0 aliphatic carbocycles. The van der Waals surface area contributed by atoms with Crippen molar-refractivity contribution in [1.29, 1.82) is 0 Å². The molecule has 1 rings (SSSR count). The number of ether oxygens (including phenoxy) is 1. The first-order valence-electron chi connectivity index (χ1n) is 7.75. The Hall–Kier alpha value is -2.69. The molecule has 11 heteroatoms. The van der Waals surface area contributed by atoms with Gasteiger partial charge in [0.2, 0.25) is 0 Å². The fourth-order valence-corrected chi connectivity index (χ4v) is 3.10. The normalized spacial score (nSPS) is 11.4. The van der Waals surface area contributed by atoms with E-state index in [1.807, 2.05) is 6.92 Å². The van der Waals surface area contributed by atoms with Gasteiger partial charge >= 0.3 is 5.97 Å². The van der Waals surface area contributed by atoms with E-state index in [9.17, 15) is 23.3 Å². The number of anilines is 1. The quantitative estimate of drug-likeness (QED) is 0.170. The molecule has 1 aromatic carbocycles. The second-order valence-electron chi connectivity index (χ2n) is 5.56. The fraction of sp³-hybridized carbons (Fsp3) is 0.467. The monoisotopic (exact) mass is 386 g/mol. The molecule has 0 radical (unpaired) electrons. The largest absolute Gasteiger partial charge is 0.465 e. The van der Waals surface area contributed by atoms with Gasteiger partial charge in [-0.2, -0.15) is 8.42 Å². The summed E-state index contributed by atoms with van der Waals surface area (Å²) in [6.45, 7) is 2.25. The third-order valence-electron chi connectivity index (χ3n) is 3.23. The zero-order valence-electron chi connectivity index (χ0n) is 15.1. The molecule has 0 aliphatic rings. The van der Waals surface area contributed by atoms with Crippen LogP contribution in [-0.2, 0) is 14.8 Å². The molecule has 0 bridgehead atoms. The van der Waals surface area contributed by atoms with Crippen molar-refractivity contribution in [2.45, 2.75) is 24.7 Å². The third kappa shape index (κ3) is 5.41. The standard InChI is InChI=1S/C15H22N4O6S/c1-5-6-7-16-14-12(19(21)22)8-11(15(20)25-4)9-13(14)26(23,24)17-10-18(2)3/h8-10,16H,5-7H2,1-4H3/b17-10+. The highest BCUT2D eigenvalue weighted by Crippen LogP contribution is 2.34. The molecule has 0 unspecified atom stereocenters. The van der Waals surface area contributed by atoms with Crippen molar-refractivity contribution in [3.63, 3.8) is 0 Å². The van der Waals surface area contributed by atoms with E-state index in [-0.39, 0.29) is 11.3 Å². The molecule has 0 aromatic heterocycles. The number of benzene rings is 1. The first-order chi connectivity index (χ1) is 12.1. The molecule has 0 aliphatic heterocycles. The summed E-state index contributed by atoms with van der Waals surface area (Å²) in [5, 5.41) is 14.2. The lowest BCUT2D eigenvalue weighted by Gasteiger charge is -2.13. The molecular formula is C15H22N4O6S. The molecule has 0 fully saturated rings. The maximum absolute atomic E-state index is 12.6. The summed E-state index contributed by atoms with van der Waals surface area (Å²) in [4.78, 5) is 23.4. The molecule has 26 heavy (non-hydrogen) atoms. The SMILES string of the molecule is CCCCNc1c([N+](=O)[O-])cc(C(=O)OC)cc1S(=O)(=O)/N=C/N(C)C. The maximum atomic E-state index is 12.6. The lowest BCUT2D eigenvalue weighted by atomic mass is 10.1. The van der Waals surface area contributed by atoms with Crippen molar-refractivity contribution >= 4 is 33.7 Å². The van der Waals surface area contributed by atoms with Gasteiger partial charge in [0.15, 0.2) is 0 Å². The van der Waals surface area contributed by atoms with Gasteiger partial charge in [0, 0.05) is 26.7 Å². The van der Waals surface area contributed by atoms with Crippen LogP contribution in [0.4, 0.5) is 11.4 Å². The summed E-state index contributed by atoms with van der Waals surface area (Å²) in [5.41, 5.74) is -0.992. The summed E-state index contributed by atoms with van der Waals surface area (Å²) in [6, 6.07) is 2.00. The number of rotatable bonds is 9. The Labute approximate surface area is 152 Å². The number of nitrogens with zero attached hydrogens (tertiary/aromatic N) is 3. The molecule has 0 amide bonds. The molecule has 0 atom stereocenters. The number of methoxy groups -OCH3 is 1. The van der Waals surface area contributed by atoms with Crippen LogP contribution < -0.4 is 5.32 Å². The van der Waals surface area contributed by atoms with Gasteiger partial charge < -0.3 is 15.0 Å². The summed E-state index contributed by atoms with van der Waals surface area (Å²) in [7, 11) is -0.0409. The van der Waals surface area contributed by atoms with Gasteiger partial charge in [-0.1, -0.05) is 13.3 Å². The van der Waals surface area contributed by atoms with Gasteiger partial charge in [-0.15, -0.1) is 4.40 Å². The van der Waals surface area contributed by atoms with Gasteiger partial charge in [-0.05, 0) is 12.5 Å². The molecule has 144 valence electrons. The lowest BCUT2D eigenvalue weighted by molar-refractivity contribution is -0.384. The van der Waals surface area contributed by atoms with Gasteiger partial charge in [0.1, 0.15) is 16.9 Å². The zero-order chi connectivity index (χ0) is 19.9. The van der Waals surface area contributed by atoms with Crippen LogP contribution in [0.2, 0.25) is 0 Å². The zero-order valence-corrected chi connectivity index (χ0v) is 15.9. The van der Waals surface area contributed by atoms with E-state index in [4.69, 9.17) is 0 Å². The molecule has 0 saturated heterocycles. The molecule has 0 saturated carbocycles. The number of sulfonamides is 1. The fourth-order valence-electron chi connectivity index (χ4n) is 1.96. The summed E-state index contributed by atoms with van der Waals surface area (Å²) >= 11 is 0. The van der Waals surface area contributed by atoms with E-state index in [0.717, 1.165) is 32.0 Å². The average Bonchev–Trinajstić information content (AvgIpc) is 2.59. The lowest BCUT2D eigenvalue weighted by Crippen LogP contribution is -2.14. The third-order valence-corrected chi connectivity index (χ3v) is 4.48. The predicted octanol–water partition coefficient (Wildman–Crippen LogP) is 1.87. The van der Waals surface area contributed by atoms with Crippen LogP contribution >= 0.6 is 0 Å². The van der Waals surface area contributed by atoms with Gasteiger partial charge in [-0.3, -0.25) is 10.1 Å². The van der Waals surface area contributed by atoms with E-state index < -0.39 is 31.5 Å². The summed E-state index contributed by atoms with van der Waals surface area (Å²) in [6.07, 6.45) is 2.54. The molecule has 0 spiro atoms. The van der Waals surface area contributed by atoms with Crippen LogP contribution in [0.15, 0.2) is 21.4 Å². The minimum absolute atomic E-state index is 0.202. The van der Waals surface area contributed by atoms with Crippen molar-refractivity contribution in [3.05, 3.63) is 27.8 Å². The van der Waals surface area contributed by atoms with E-state index in [0.29, 0.717) is 13.0 Å². The first kappa shape index (κ1) is 21.4. The van der Waals surface area contributed by atoms with Crippen molar-refractivity contribution < 1.29 is 22.9 Å². The number of hydrogen-bond acceptors (Lipinski definition) is 7. The average molecular weight is 386 g/mol. The van der Waals surface area contributed by atoms with E-state index in [1.165, 1.54) is 4.90 Å². The van der Waals surface area contributed by atoms with Crippen molar-refractivity contribution in [1.82, 2.24) is 4.90 Å². The second-order valence-corrected chi connectivity index (χ2v) is 7.16. The topological polar surface area (TPSA) is 131 Å². The van der Waals surface area contributed by atoms with Gasteiger partial charge in [-0.25, -0.2) is 4.79 Å². The number of carbonyl (C=O) groups excluding carboxylic acids is 1. The van der Waals surface area contributed by atoms with Crippen LogP contribution in [0.3, 0.4) is 0 Å². The highest BCUT2D eigenvalue weighted by molar-refractivity contribution is 7.90. The highest BCUT2D eigenvalue weighted by Gasteiger charge is 2.29. The molecular weight excluding hydrogens is 364 g/mol. The highest BCUT2D eigenvalue weighted by atomic mass is 32.2. The van der Waals surface area contributed by atoms with Crippen molar-refractivity contribution in [2.24, 2.45) is 4.40 Å². The Bertz CT molecular complexity index is 805. The number of unbranched alkanes of at least 4 members (excludes halogenated alkanes) is 1. The number of nitro benzene ring substituents is 1. The minimum atomic E-state index is -4.29. The molecule has 0 heterocycles. The number of hydrogen-bond donors (Lipinski definition) is 1. The van der Waals surface area contributed by atoms with Crippen LogP contribution in [0.25, 0.3) is 0 Å². The van der Waals surface area contributed by atoms with Gasteiger partial charge in [0.05, 0.1) is 17.6 Å². The summed E-state index contributed by atoms with van der Waals surface area (Å²) in [5.74, 6) is -0.888. The first-order valence-corrected chi connectivity index (χ1v) is 9.19. The van der Waals surface area contributed by atoms with E-state index in [1.54, 1.807) is 14.1 Å². The smallest absolute Gasteiger partial charge is 0.338 e. The number of carbonyl (C=O) groups is 1. The number of esters is 1. The van der Waals surface area contributed by atoms with E-state index >= 15 is 0 Å². The molecule has 1 N–H and O–H groups in total. The Balaban J connectivity index is 3.67. The summed E-state index contributed by atoms with van der Waals surface area (Å²) < 4.78 is 33.2. The number of nitro groups is 1. The van der Waals surface area contributed by atoms with Crippen LogP contribution in [0, 0.1) is 10.1 Å². The Morgan fingerprint density at radius 3 is 2.58 bits per heavy atom. The van der Waals surface area contributed by atoms with Crippen LogP contribution in [-0.4, -0.2) is 58.3 Å². The Kier molecular flexibility index (Phi) is 7.50. The predicted molar refractivity (Wildman–Crippen MR) is 97.2 cm³/mol. The Morgan fingerprint density at radius 2 is 2.08 bits per heavy atom. The number of nitrogens with one attached hydrogen (secondary N) is 1. The maximum Gasteiger partial charge on any atom is 0.338 e. The van der Waals surface area contributed by atoms with Crippen LogP contribution in [0.1, 0.15) is 30.1 Å². The Morgan fingerprint density at radius 1 is 1.42 bits per heavy atom.